The number of carbonyl (C=O) groups is 1. The molecule has 0 bridgehead atoms. The van der Waals surface area contributed by atoms with E-state index in [1.165, 1.54) is 5.56 Å². The maximum atomic E-state index is 11.9. The summed E-state index contributed by atoms with van der Waals surface area (Å²) >= 11 is 0. The number of ether oxygens (including phenoxy) is 2. The highest BCUT2D eigenvalue weighted by molar-refractivity contribution is 6.07. The van der Waals surface area contributed by atoms with Gasteiger partial charge in [-0.25, -0.2) is 0 Å². The SMILES string of the molecule is COc1ccc(-c2ccc3c(C=O)c4n(c3c2)Cc2cc(OC)ccc2-4)cc1. The van der Waals surface area contributed by atoms with Gasteiger partial charge in [0.05, 0.1) is 25.4 Å². The second kappa shape index (κ2) is 6.27. The highest BCUT2D eigenvalue weighted by Gasteiger charge is 2.26. The van der Waals surface area contributed by atoms with Gasteiger partial charge in [-0.3, -0.25) is 4.79 Å². The van der Waals surface area contributed by atoms with E-state index in [0.717, 1.165) is 63.2 Å². The van der Waals surface area contributed by atoms with Gasteiger partial charge in [-0.2, -0.15) is 0 Å². The van der Waals surface area contributed by atoms with Gasteiger partial charge in [-0.1, -0.05) is 24.3 Å². The second-order valence-electron chi connectivity index (χ2n) is 6.95. The third kappa shape index (κ3) is 2.34. The molecule has 0 saturated heterocycles. The Balaban J connectivity index is 1.69. The summed E-state index contributed by atoms with van der Waals surface area (Å²) in [7, 11) is 3.34. The molecule has 0 radical (unpaired) electrons. The van der Waals surface area contributed by atoms with E-state index in [0.29, 0.717) is 0 Å². The van der Waals surface area contributed by atoms with E-state index >= 15 is 0 Å². The van der Waals surface area contributed by atoms with E-state index < -0.39 is 0 Å². The summed E-state index contributed by atoms with van der Waals surface area (Å²) in [5.74, 6) is 1.67. The number of rotatable bonds is 4. The molecule has 0 unspecified atom stereocenters. The quantitative estimate of drug-likeness (QED) is 0.411. The number of methoxy groups -OCH3 is 2. The minimum absolute atomic E-state index is 0.734. The first-order valence-electron chi connectivity index (χ1n) is 9.16. The number of aromatic nitrogens is 1. The van der Waals surface area contributed by atoms with Crippen LogP contribution in [0.1, 0.15) is 15.9 Å². The zero-order chi connectivity index (χ0) is 19.3. The summed E-state index contributed by atoms with van der Waals surface area (Å²) in [6.45, 7) is 0.734. The van der Waals surface area contributed by atoms with Gasteiger partial charge in [0.25, 0.3) is 0 Å². The van der Waals surface area contributed by atoms with Crippen LogP contribution in [0.3, 0.4) is 0 Å². The Hall–Kier alpha value is -3.53. The van der Waals surface area contributed by atoms with Crippen LogP contribution in [0.4, 0.5) is 0 Å². The molecule has 1 aliphatic rings. The molecule has 1 aromatic heterocycles. The maximum absolute atomic E-state index is 11.9. The molecule has 0 saturated carbocycles. The average molecular weight is 369 g/mol. The molecular weight excluding hydrogens is 350 g/mol. The van der Waals surface area contributed by atoms with Crippen LogP contribution in [0.25, 0.3) is 33.3 Å². The number of nitrogens with zero attached hydrogens (tertiary/aromatic N) is 1. The number of carbonyl (C=O) groups excluding carboxylic acids is 1. The van der Waals surface area contributed by atoms with E-state index in [4.69, 9.17) is 9.47 Å². The molecule has 28 heavy (non-hydrogen) atoms. The zero-order valence-electron chi connectivity index (χ0n) is 15.7. The van der Waals surface area contributed by atoms with Crippen molar-refractivity contribution in [2.75, 3.05) is 14.2 Å². The van der Waals surface area contributed by atoms with Crippen molar-refractivity contribution in [2.45, 2.75) is 6.54 Å². The van der Waals surface area contributed by atoms with Crippen molar-refractivity contribution in [2.24, 2.45) is 0 Å². The molecule has 0 aliphatic carbocycles. The average Bonchev–Trinajstić information content (AvgIpc) is 3.27. The van der Waals surface area contributed by atoms with Gasteiger partial charge in [0.1, 0.15) is 11.5 Å². The smallest absolute Gasteiger partial charge is 0.152 e. The fourth-order valence-electron chi connectivity index (χ4n) is 4.14. The standard InChI is InChI=1S/C24H19NO3/c1-27-18-6-3-15(4-7-18)16-5-9-21-22(14-26)24-20-10-8-19(28-2)11-17(20)13-25(24)23(21)12-16/h3-12,14H,13H2,1-2H3. The molecule has 0 N–H and O–H groups in total. The number of hydrogen-bond donors (Lipinski definition) is 0. The molecular formula is C24H19NO3. The van der Waals surface area contributed by atoms with Gasteiger partial charge in [-0.15, -0.1) is 0 Å². The van der Waals surface area contributed by atoms with Crippen LogP contribution >= 0.6 is 0 Å². The third-order valence-corrected chi connectivity index (χ3v) is 5.54. The normalized spacial score (nSPS) is 11.9. The lowest BCUT2D eigenvalue weighted by Crippen LogP contribution is -1.93. The summed E-state index contributed by atoms with van der Waals surface area (Å²) in [6.07, 6.45) is 0.973. The van der Waals surface area contributed by atoms with E-state index in [-0.39, 0.29) is 0 Å². The molecule has 138 valence electrons. The Bertz CT molecular complexity index is 1220. The van der Waals surface area contributed by atoms with Crippen LogP contribution in [0, 0.1) is 0 Å². The predicted octanol–water partition coefficient (Wildman–Crippen LogP) is 5.17. The van der Waals surface area contributed by atoms with E-state index in [9.17, 15) is 4.79 Å². The molecule has 0 atom stereocenters. The molecule has 2 heterocycles. The third-order valence-electron chi connectivity index (χ3n) is 5.54. The molecule has 4 heteroatoms. The van der Waals surface area contributed by atoms with E-state index in [1.54, 1.807) is 14.2 Å². The Morgan fingerprint density at radius 3 is 2.29 bits per heavy atom. The van der Waals surface area contributed by atoms with Crippen LogP contribution in [-0.2, 0) is 6.54 Å². The summed E-state index contributed by atoms with van der Waals surface area (Å²) in [5, 5.41) is 0.990. The fourth-order valence-corrected chi connectivity index (χ4v) is 4.14. The largest absolute Gasteiger partial charge is 0.497 e. The van der Waals surface area contributed by atoms with Crippen molar-refractivity contribution in [1.29, 1.82) is 0 Å². The minimum Gasteiger partial charge on any atom is -0.497 e. The van der Waals surface area contributed by atoms with Gasteiger partial charge in [-0.05, 0) is 53.1 Å². The minimum atomic E-state index is 0.734. The van der Waals surface area contributed by atoms with E-state index in [1.807, 2.05) is 42.5 Å². The number of hydrogen-bond acceptors (Lipinski definition) is 3. The predicted molar refractivity (Wildman–Crippen MR) is 110 cm³/mol. The maximum Gasteiger partial charge on any atom is 0.152 e. The molecule has 0 spiro atoms. The molecule has 0 amide bonds. The first-order chi connectivity index (χ1) is 13.7. The Kier molecular flexibility index (Phi) is 3.72. The summed E-state index contributed by atoms with van der Waals surface area (Å²) in [6, 6.07) is 20.3. The zero-order valence-corrected chi connectivity index (χ0v) is 15.7. The number of aldehydes is 1. The van der Waals surface area contributed by atoms with Crippen molar-refractivity contribution < 1.29 is 14.3 Å². The van der Waals surface area contributed by atoms with Crippen molar-refractivity contribution >= 4 is 17.2 Å². The topological polar surface area (TPSA) is 40.5 Å². The van der Waals surface area contributed by atoms with Crippen molar-refractivity contribution in [3.8, 4) is 33.9 Å². The van der Waals surface area contributed by atoms with Gasteiger partial charge in [0.2, 0.25) is 0 Å². The number of fused-ring (bicyclic) bond motifs is 5. The highest BCUT2D eigenvalue weighted by atomic mass is 16.5. The lowest BCUT2D eigenvalue weighted by Gasteiger charge is -2.07. The van der Waals surface area contributed by atoms with Crippen LogP contribution in [0.5, 0.6) is 11.5 Å². The van der Waals surface area contributed by atoms with Crippen molar-refractivity contribution in [1.82, 2.24) is 4.57 Å². The summed E-state index contributed by atoms with van der Waals surface area (Å²) in [4.78, 5) is 11.9. The van der Waals surface area contributed by atoms with Gasteiger partial charge < -0.3 is 14.0 Å². The molecule has 4 aromatic rings. The summed E-state index contributed by atoms with van der Waals surface area (Å²) < 4.78 is 12.9. The first kappa shape index (κ1) is 16.6. The van der Waals surface area contributed by atoms with Crippen molar-refractivity contribution in [3.05, 3.63) is 71.8 Å². The molecule has 5 rings (SSSR count). The molecule has 4 nitrogen and oxygen atoms in total. The summed E-state index contributed by atoms with van der Waals surface area (Å²) in [5.41, 5.74) is 7.32. The highest BCUT2D eigenvalue weighted by Crippen LogP contribution is 2.42. The first-order valence-corrected chi connectivity index (χ1v) is 9.16. The van der Waals surface area contributed by atoms with Gasteiger partial charge in [0, 0.05) is 23.1 Å². The fraction of sp³-hybridized carbons (Fsp3) is 0.125. The molecule has 3 aromatic carbocycles. The lowest BCUT2D eigenvalue weighted by atomic mass is 10.0. The Morgan fingerprint density at radius 2 is 1.57 bits per heavy atom. The van der Waals surface area contributed by atoms with Gasteiger partial charge >= 0.3 is 0 Å². The van der Waals surface area contributed by atoms with Crippen LogP contribution in [0.15, 0.2) is 60.7 Å². The number of benzene rings is 3. The molecule has 1 aliphatic heterocycles. The molecule has 0 fully saturated rings. The van der Waals surface area contributed by atoms with Crippen LogP contribution in [0.2, 0.25) is 0 Å². The monoisotopic (exact) mass is 369 g/mol. The van der Waals surface area contributed by atoms with Crippen LogP contribution < -0.4 is 9.47 Å². The Morgan fingerprint density at radius 1 is 0.857 bits per heavy atom. The van der Waals surface area contributed by atoms with Crippen LogP contribution in [-0.4, -0.2) is 25.1 Å². The van der Waals surface area contributed by atoms with Crippen molar-refractivity contribution in [3.63, 3.8) is 0 Å². The lowest BCUT2D eigenvalue weighted by molar-refractivity contribution is 0.112. The Labute approximate surface area is 162 Å². The second-order valence-corrected chi connectivity index (χ2v) is 6.95. The van der Waals surface area contributed by atoms with Gasteiger partial charge in [0.15, 0.2) is 6.29 Å². The van der Waals surface area contributed by atoms with E-state index in [2.05, 4.69) is 22.8 Å².